The highest BCUT2D eigenvalue weighted by Gasteiger charge is 2.30. The maximum atomic E-state index is 13.4. The van der Waals surface area contributed by atoms with Crippen molar-refractivity contribution in [3.8, 4) is 0 Å². The number of nitrogens with two attached hydrogens (primary N) is 1. The lowest BCUT2D eigenvalue weighted by atomic mass is 10.1. The highest BCUT2D eigenvalue weighted by atomic mass is 19.4. The number of nitrogen functional groups attached to an aromatic ring is 1. The second kappa shape index (κ2) is 4.99. The van der Waals surface area contributed by atoms with Crippen molar-refractivity contribution in [1.29, 1.82) is 0 Å². The minimum atomic E-state index is -4.51. The second-order valence-corrected chi connectivity index (χ2v) is 4.05. The fourth-order valence-electron chi connectivity index (χ4n) is 1.59. The van der Waals surface area contributed by atoms with Gasteiger partial charge >= 0.3 is 6.18 Å². The number of rotatable bonds is 2. The zero-order valence-electron chi connectivity index (χ0n) is 9.93. The molecule has 0 bridgehead atoms. The molecule has 0 spiro atoms. The molecule has 7 heteroatoms. The number of halogens is 5. The predicted octanol–water partition coefficient (Wildman–Crippen LogP) is 4.31. The zero-order chi connectivity index (χ0) is 14.9. The quantitative estimate of drug-likeness (QED) is 0.638. The molecular formula is C13H9F5N2. The lowest BCUT2D eigenvalue weighted by Gasteiger charge is -2.13. The van der Waals surface area contributed by atoms with Gasteiger partial charge < -0.3 is 11.1 Å². The largest absolute Gasteiger partial charge is 0.416 e. The van der Waals surface area contributed by atoms with Gasteiger partial charge in [-0.1, -0.05) is 0 Å². The summed E-state index contributed by atoms with van der Waals surface area (Å²) in [7, 11) is 0. The third-order valence-corrected chi connectivity index (χ3v) is 2.58. The summed E-state index contributed by atoms with van der Waals surface area (Å²) in [4.78, 5) is 0. The average molecular weight is 288 g/mol. The molecule has 2 rings (SSSR count). The summed E-state index contributed by atoms with van der Waals surface area (Å²) >= 11 is 0. The molecule has 20 heavy (non-hydrogen) atoms. The Balaban J connectivity index is 2.30. The number of nitrogens with one attached hydrogen (secondary N) is 1. The van der Waals surface area contributed by atoms with Crippen LogP contribution >= 0.6 is 0 Å². The van der Waals surface area contributed by atoms with Gasteiger partial charge in [0.1, 0.15) is 11.6 Å². The molecule has 0 aliphatic carbocycles. The van der Waals surface area contributed by atoms with E-state index in [1.165, 1.54) is 0 Å². The molecule has 0 fully saturated rings. The summed E-state index contributed by atoms with van der Waals surface area (Å²) in [6.45, 7) is 0. The molecule has 0 radical (unpaired) electrons. The fraction of sp³-hybridized carbons (Fsp3) is 0.0769. The van der Waals surface area contributed by atoms with Gasteiger partial charge in [-0.2, -0.15) is 13.2 Å². The Morgan fingerprint density at radius 1 is 0.900 bits per heavy atom. The van der Waals surface area contributed by atoms with Crippen LogP contribution in [0.1, 0.15) is 5.56 Å². The van der Waals surface area contributed by atoms with Gasteiger partial charge in [0.15, 0.2) is 0 Å². The van der Waals surface area contributed by atoms with Gasteiger partial charge in [-0.3, -0.25) is 0 Å². The Bertz CT molecular complexity index is 637. The second-order valence-electron chi connectivity index (χ2n) is 4.05. The molecule has 2 nitrogen and oxygen atoms in total. The number of hydrogen-bond donors (Lipinski definition) is 2. The van der Waals surface area contributed by atoms with E-state index < -0.39 is 23.4 Å². The summed E-state index contributed by atoms with van der Waals surface area (Å²) < 4.78 is 63.5. The molecular weight excluding hydrogens is 279 g/mol. The van der Waals surface area contributed by atoms with Crippen molar-refractivity contribution in [2.24, 2.45) is 0 Å². The highest BCUT2D eigenvalue weighted by Crippen LogP contribution is 2.34. The molecule has 3 N–H and O–H groups in total. The van der Waals surface area contributed by atoms with Crippen LogP contribution in [0, 0.1) is 11.6 Å². The van der Waals surface area contributed by atoms with Crippen molar-refractivity contribution < 1.29 is 22.0 Å². The van der Waals surface area contributed by atoms with Crippen LogP contribution in [0.2, 0.25) is 0 Å². The van der Waals surface area contributed by atoms with Crippen molar-refractivity contribution in [1.82, 2.24) is 0 Å². The van der Waals surface area contributed by atoms with Crippen molar-refractivity contribution >= 4 is 17.1 Å². The van der Waals surface area contributed by atoms with Crippen LogP contribution in [-0.2, 0) is 6.18 Å². The first-order chi connectivity index (χ1) is 9.27. The maximum absolute atomic E-state index is 13.4. The summed E-state index contributed by atoms with van der Waals surface area (Å²) in [5.41, 5.74) is 4.41. The van der Waals surface area contributed by atoms with E-state index in [1.54, 1.807) is 0 Å². The van der Waals surface area contributed by atoms with E-state index in [0.717, 1.165) is 30.3 Å². The van der Waals surface area contributed by atoms with Gasteiger partial charge in [-0.05, 0) is 30.3 Å². The molecule has 0 aliphatic rings. The lowest BCUT2D eigenvalue weighted by molar-refractivity contribution is -0.137. The Kier molecular flexibility index (Phi) is 3.52. The Morgan fingerprint density at radius 2 is 1.55 bits per heavy atom. The van der Waals surface area contributed by atoms with Gasteiger partial charge in [-0.15, -0.1) is 0 Å². The molecule has 0 saturated carbocycles. The highest BCUT2D eigenvalue weighted by molar-refractivity contribution is 5.73. The minimum absolute atomic E-state index is 0.0853. The van der Waals surface area contributed by atoms with Gasteiger partial charge in [0.2, 0.25) is 0 Å². The van der Waals surface area contributed by atoms with Crippen LogP contribution in [0.15, 0.2) is 36.4 Å². The van der Waals surface area contributed by atoms with Crippen LogP contribution in [0.3, 0.4) is 0 Å². The average Bonchev–Trinajstić information content (AvgIpc) is 2.33. The maximum Gasteiger partial charge on any atom is 0.416 e. The van der Waals surface area contributed by atoms with E-state index in [9.17, 15) is 22.0 Å². The fourth-order valence-corrected chi connectivity index (χ4v) is 1.59. The van der Waals surface area contributed by atoms with E-state index in [-0.39, 0.29) is 17.1 Å². The zero-order valence-corrected chi connectivity index (χ0v) is 9.93. The first-order valence-corrected chi connectivity index (χ1v) is 5.46. The van der Waals surface area contributed by atoms with E-state index >= 15 is 0 Å². The third-order valence-electron chi connectivity index (χ3n) is 2.58. The normalized spacial score (nSPS) is 11.4. The third kappa shape index (κ3) is 2.98. The summed E-state index contributed by atoms with van der Waals surface area (Å²) in [5, 5.41) is 2.51. The molecule has 106 valence electrons. The molecule has 0 aliphatic heterocycles. The van der Waals surface area contributed by atoms with Crippen LogP contribution in [0.25, 0.3) is 0 Å². The minimum Gasteiger partial charge on any atom is -0.397 e. The molecule has 0 atom stereocenters. The van der Waals surface area contributed by atoms with Crippen LogP contribution in [0.4, 0.5) is 39.0 Å². The van der Waals surface area contributed by atoms with Crippen molar-refractivity contribution in [3.05, 3.63) is 53.6 Å². The molecule has 0 heterocycles. The van der Waals surface area contributed by atoms with Crippen molar-refractivity contribution in [2.75, 3.05) is 11.1 Å². The van der Waals surface area contributed by atoms with Crippen LogP contribution < -0.4 is 11.1 Å². The van der Waals surface area contributed by atoms with Crippen molar-refractivity contribution in [3.63, 3.8) is 0 Å². The standard InChI is InChI=1S/C13H9F5N2/c14-8-2-4-11(9(15)6-8)20-12-3-1-7(5-10(12)19)13(16,17)18/h1-6,20H,19H2. The first-order valence-electron chi connectivity index (χ1n) is 5.46. The van der Waals surface area contributed by atoms with Crippen molar-refractivity contribution in [2.45, 2.75) is 6.18 Å². The monoisotopic (exact) mass is 288 g/mol. The molecule has 0 amide bonds. The van der Waals surface area contributed by atoms with Gasteiger partial charge in [-0.25, -0.2) is 8.78 Å². The van der Waals surface area contributed by atoms with E-state index in [1.807, 2.05) is 0 Å². The topological polar surface area (TPSA) is 38.0 Å². The number of anilines is 3. The summed E-state index contributed by atoms with van der Waals surface area (Å²) in [6, 6.07) is 5.45. The lowest BCUT2D eigenvalue weighted by Crippen LogP contribution is -2.07. The molecule has 2 aromatic carbocycles. The van der Waals surface area contributed by atoms with Gasteiger partial charge in [0, 0.05) is 6.07 Å². The Morgan fingerprint density at radius 3 is 2.10 bits per heavy atom. The SMILES string of the molecule is Nc1cc(C(F)(F)F)ccc1Nc1ccc(F)cc1F. The molecule has 0 aromatic heterocycles. The number of alkyl halides is 3. The van der Waals surface area contributed by atoms with Crippen LogP contribution in [-0.4, -0.2) is 0 Å². The number of hydrogen-bond acceptors (Lipinski definition) is 2. The van der Waals surface area contributed by atoms with E-state index in [4.69, 9.17) is 5.73 Å². The smallest absolute Gasteiger partial charge is 0.397 e. The van der Waals surface area contributed by atoms with Gasteiger partial charge in [0.05, 0.1) is 22.6 Å². The predicted molar refractivity (Wildman–Crippen MR) is 65.5 cm³/mol. The Hall–Kier alpha value is -2.31. The van der Waals surface area contributed by atoms with E-state index in [0.29, 0.717) is 6.07 Å². The molecule has 2 aromatic rings. The molecule has 0 unspecified atom stereocenters. The molecule has 0 saturated heterocycles. The van der Waals surface area contributed by atoms with Gasteiger partial charge in [0.25, 0.3) is 0 Å². The van der Waals surface area contributed by atoms with E-state index in [2.05, 4.69) is 5.32 Å². The number of benzene rings is 2. The summed E-state index contributed by atoms with van der Waals surface area (Å²) in [5.74, 6) is -1.63. The van der Waals surface area contributed by atoms with Crippen LogP contribution in [0.5, 0.6) is 0 Å². The summed E-state index contributed by atoms with van der Waals surface area (Å²) in [6.07, 6.45) is -4.51. The first kappa shape index (κ1) is 14.1. The Labute approximate surface area is 111 Å².